The van der Waals surface area contributed by atoms with Crippen LogP contribution in [0.5, 0.6) is 0 Å². The Morgan fingerprint density at radius 1 is 1.77 bits per heavy atom. The second kappa shape index (κ2) is 5.05. The summed E-state index contributed by atoms with van der Waals surface area (Å²) in [6, 6.07) is 2.02. The number of carbonyl (C=O) groups is 1. The van der Waals surface area contributed by atoms with Gasteiger partial charge in [-0.15, -0.1) is 12.4 Å². The molecule has 13 heavy (non-hydrogen) atoms. The molecule has 0 bridgehead atoms. The first-order chi connectivity index (χ1) is 5.75. The van der Waals surface area contributed by atoms with Gasteiger partial charge in [-0.05, 0) is 19.9 Å². The number of halogens is 1. The first-order valence-corrected chi connectivity index (χ1v) is 4.04. The number of esters is 1. The van der Waals surface area contributed by atoms with E-state index < -0.39 is 11.4 Å². The molecular weight excluding hydrogens is 192 g/mol. The molecule has 1 aliphatic heterocycles. The predicted molar refractivity (Wildman–Crippen MR) is 49.4 cm³/mol. The normalized spacial score (nSPS) is 25.8. The molecule has 0 radical (unpaired) electrons. The molecule has 74 valence electrons. The molecule has 0 aromatic heterocycles. The van der Waals surface area contributed by atoms with Crippen molar-refractivity contribution in [2.24, 2.45) is 5.41 Å². The maximum atomic E-state index is 11.3. The summed E-state index contributed by atoms with van der Waals surface area (Å²) < 4.78 is 4.82. The topological polar surface area (TPSA) is 62.1 Å². The zero-order valence-electron chi connectivity index (χ0n) is 7.50. The lowest BCUT2D eigenvalue weighted by Gasteiger charge is -2.16. The number of nitriles is 1. The highest BCUT2D eigenvalue weighted by molar-refractivity contribution is 5.85. The van der Waals surface area contributed by atoms with Gasteiger partial charge in [0.05, 0.1) is 12.7 Å². The zero-order chi connectivity index (χ0) is 9.03. The Balaban J connectivity index is 0.00000144. The lowest BCUT2D eigenvalue weighted by molar-refractivity contribution is -0.150. The zero-order valence-corrected chi connectivity index (χ0v) is 8.32. The molecule has 0 saturated carbocycles. The molecule has 1 saturated heterocycles. The fourth-order valence-corrected chi connectivity index (χ4v) is 1.28. The lowest BCUT2D eigenvalue weighted by Crippen LogP contribution is -2.33. The van der Waals surface area contributed by atoms with E-state index >= 15 is 0 Å². The monoisotopic (exact) mass is 204 g/mol. The summed E-state index contributed by atoms with van der Waals surface area (Å²) in [5.74, 6) is -0.391. The van der Waals surface area contributed by atoms with Gasteiger partial charge in [-0.2, -0.15) is 5.26 Å². The number of hydrogen-bond acceptors (Lipinski definition) is 4. The summed E-state index contributed by atoms with van der Waals surface area (Å²) in [7, 11) is 0. The van der Waals surface area contributed by atoms with E-state index in [1.807, 2.05) is 6.07 Å². The van der Waals surface area contributed by atoms with Gasteiger partial charge in [0, 0.05) is 6.54 Å². The van der Waals surface area contributed by atoms with Crippen LogP contribution in [0.15, 0.2) is 0 Å². The van der Waals surface area contributed by atoms with Crippen molar-refractivity contribution in [2.45, 2.75) is 13.3 Å². The van der Waals surface area contributed by atoms with E-state index in [9.17, 15) is 4.79 Å². The van der Waals surface area contributed by atoms with Crippen molar-refractivity contribution < 1.29 is 9.53 Å². The minimum Gasteiger partial charge on any atom is -0.465 e. The van der Waals surface area contributed by atoms with Crippen molar-refractivity contribution in [2.75, 3.05) is 19.7 Å². The molecule has 4 nitrogen and oxygen atoms in total. The van der Waals surface area contributed by atoms with Crippen LogP contribution in [0.3, 0.4) is 0 Å². The van der Waals surface area contributed by atoms with Crippen LogP contribution in [0.25, 0.3) is 0 Å². The summed E-state index contributed by atoms with van der Waals surface area (Å²) in [5, 5.41) is 11.8. The third-order valence-electron chi connectivity index (χ3n) is 2.04. The van der Waals surface area contributed by atoms with E-state index in [4.69, 9.17) is 10.00 Å². The van der Waals surface area contributed by atoms with E-state index in [2.05, 4.69) is 5.32 Å². The Kier molecular flexibility index (Phi) is 4.74. The predicted octanol–water partition coefficient (Wildman–Crippen LogP) is 0.475. The maximum Gasteiger partial charge on any atom is 0.327 e. The number of hydrogen-bond donors (Lipinski definition) is 1. The minimum absolute atomic E-state index is 0. The van der Waals surface area contributed by atoms with Gasteiger partial charge in [0.15, 0.2) is 5.41 Å². The van der Waals surface area contributed by atoms with Gasteiger partial charge in [-0.1, -0.05) is 0 Å². The average molecular weight is 205 g/mol. The highest BCUT2D eigenvalue weighted by Crippen LogP contribution is 2.25. The summed E-state index contributed by atoms with van der Waals surface area (Å²) in [5.41, 5.74) is -0.921. The Hall–Kier alpha value is -0.790. The Morgan fingerprint density at radius 3 is 2.85 bits per heavy atom. The summed E-state index contributed by atoms with van der Waals surface area (Å²) in [6.45, 7) is 3.21. The van der Waals surface area contributed by atoms with Crippen molar-refractivity contribution in [3.05, 3.63) is 0 Å². The largest absolute Gasteiger partial charge is 0.465 e. The Labute approximate surface area is 83.7 Å². The smallest absolute Gasteiger partial charge is 0.327 e. The molecule has 0 aromatic carbocycles. The van der Waals surface area contributed by atoms with Crippen LogP contribution in [0.4, 0.5) is 0 Å². The van der Waals surface area contributed by atoms with E-state index in [1.54, 1.807) is 6.92 Å². The first kappa shape index (κ1) is 12.2. The van der Waals surface area contributed by atoms with Gasteiger partial charge in [-0.3, -0.25) is 4.79 Å². The van der Waals surface area contributed by atoms with Crippen LogP contribution in [0.1, 0.15) is 13.3 Å². The van der Waals surface area contributed by atoms with Crippen LogP contribution in [0, 0.1) is 16.7 Å². The number of nitrogens with one attached hydrogen (secondary N) is 1. The molecule has 1 atom stereocenters. The van der Waals surface area contributed by atoms with Gasteiger partial charge in [0.2, 0.25) is 0 Å². The number of rotatable bonds is 2. The van der Waals surface area contributed by atoms with Crippen molar-refractivity contribution in [3.63, 3.8) is 0 Å². The number of ether oxygens (including phenoxy) is 1. The molecular formula is C8H13ClN2O2. The molecule has 1 rings (SSSR count). The van der Waals surface area contributed by atoms with Crippen LogP contribution < -0.4 is 5.32 Å². The Morgan fingerprint density at radius 2 is 2.46 bits per heavy atom. The minimum atomic E-state index is -0.921. The van der Waals surface area contributed by atoms with E-state index in [0.717, 1.165) is 0 Å². The van der Waals surface area contributed by atoms with Gasteiger partial charge < -0.3 is 10.1 Å². The second-order valence-electron chi connectivity index (χ2n) is 2.84. The SMILES string of the molecule is CCOC(=O)C1(C#N)CCNC1.Cl. The molecule has 1 fully saturated rings. The van der Waals surface area contributed by atoms with Crippen molar-refractivity contribution in [1.29, 1.82) is 5.26 Å². The average Bonchev–Trinajstić information content (AvgIpc) is 2.54. The molecule has 5 heteroatoms. The second-order valence-corrected chi connectivity index (χ2v) is 2.84. The molecule has 1 N–H and O–H groups in total. The maximum absolute atomic E-state index is 11.3. The quantitative estimate of drug-likeness (QED) is 0.665. The molecule has 1 heterocycles. The standard InChI is InChI=1S/C8H12N2O2.ClH/c1-2-12-7(11)8(5-9)3-4-10-6-8;/h10H,2-4,6H2,1H3;1H. The first-order valence-electron chi connectivity index (χ1n) is 4.04. The fourth-order valence-electron chi connectivity index (χ4n) is 1.28. The fraction of sp³-hybridized carbons (Fsp3) is 0.750. The third kappa shape index (κ3) is 2.33. The van der Waals surface area contributed by atoms with Crippen molar-refractivity contribution in [3.8, 4) is 6.07 Å². The molecule has 0 aliphatic carbocycles. The van der Waals surface area contributed by atoms with Gasteiger partial charge in [-0.25, -0.2) is 0 Å². The van der Waals surface area contributed by atoms with Crippen LogP contribution >= 0.6 is 12.4 Å². The molecule has 1 aliphatic rings. The summed E-state index contributed by atoms with van der Waals surface area (Å²) >= 11 is 0. The molecule has 0 aromatic rings. The number of carbonyl (C=O) groups excluding carboxylic acids is 1. The molecule has 0 spiro atoms. The molecule has 1 unspecified atom stereocenters. The van der Waals surface area contributed by atoms with E-state index in [0.29, 0.717) is 26.1 Å². The van der Waals surface area contributed by atoms with Crippen LogP contribution in [-0.4, -0.2) is 25.7 Å². The van der Waals surface area contributed by atoms with E-state index in [-0.39, 0.29) is 12.4 Å². The van der Waals surface area contributed by atoms with Gasteiger partial charge in [0.1, 0.15) is 0 Å². The van der Waals surface area contributed by atoms with Gasteiger partial charge in [0.25, 0.3) is 0 Å². The summed E-state index contributed by atoms with van der Waals surface area (Å²) in [6.07, 6.45) is 0.558. The Bertz CT molecular complexity index is 219. The van der Waals surface area contributed by atoms with Crippen LogP contribution in [-0.2, 0) is 9.53 Å². The lowest BCUT2D eigenvalue weighted by atomic mass is 9.89. The van der Waals surface area contributed by atoms with Crippen LogP contribution in [0.2, 0.25) is 0 Å². The third-order valence-corrected chi connectivity index (χ3v) is 2.04. The summed E-state index contributed by atoms with van der Waals surface area (Å²) in [4.78, 5) is 11.3. The number of nitrogens with zero attached hydrogens (tertiary/aromatic N) is 1. The highest BCUT2D eigenvalue weighted by atomic mass is 35.5. The van der Waals surface area contributed by atoms with Crippen molar-refractivity contribution in [1.82, 2.24) is 5.32 Å². The van der Waals surface area contributed by atoms with Gasteiger partial charge >= 0.3 is 5.97 Å². The molecule has 0 amide bonds. The van der Waals surface area contributed by atoms with E-state index in [1.165, 1.54) is 0 Å². The van der Waals surface area contributed by atoms with Crippen molar-refractivity contribution >= 4 is 18.4 Å². The highest BCUT2D eigenvalue weighted by Gasteiger charge is 2.43.